The van der Waals surface area contributed by atoms with Gasteiger partial charge in [0.25, 0.3) is 0 Å². The zero-order valence-corrected chi connectivity index (χ0v) is 4.01. The second-order valence-corrected chi connectivity index (χ2v) is 1.44. The third kappa shape index (κ3) is 6.10. The van der Waals surface area contributed by atoms with E-state index in [1.54, 1.807) is 0 Å². The summed E-state index contributed by atoms with van der Waals surface area (Å²) in [5.41, 5.74) is 0. The fraction of sp³-hybridized carbons (Fsp3) is 1.00. The van der Waals surface area contributed by atoms with Gasteiger partial charge in [0, 0.05) is 0 Å². The zero-order chi connectivity index (χ0) is 5.91. The molecule has 7 heavy (non-hydrogen) atoms. The van der Waals surface area contributed by atoms with Crippen LogP contribution in [0, 0.1) is 0 Å². The summed E-state index contributed by atoms with van der Waals surface area (Å²) in [5, 5.41) is 0. The molecule has 1 N–H and O–H groups in total. The van der Waals surface area contributed by atoms with E-state index < -0.39 is 11.9 Å². The monoisotopic (exact) mass is 132 g/mol. The Balaban J connectivity index is 3.15. The molecule has 0 heterocycles. The van der Waals surface area contributed by atoms with Gasteiger partial charge >= 0.3 is 6.18 Å². The van der Waals surface area contributed by atoms with Crippen molar-refractivity contribution in [2.75, 3.05) is 5.75 Å². The number of hydrogen-bond donors (Lipinski definition) is 1. The summed E-state index contributed by atoms with van der Waals surface area (Å²) in [6.07, 6.45) is -4.24. The fourth-order valence-electron chi connectivity index (χ4n) is 0.0732. The van der Waals surface area contributed by atoms with Gasteiger partial charge in [-0.2, -0.15) is 13.2 Å². The highest BCUT2D eigenvalue weighted by Crippen LogP contribution is 2.18. The molecule has 44 valence electrons. The maximum Gasteiger partial charge on any atom is 0.400 e. The van der Waals surface area contributed by atoms with Gasteiger partial charge in [0.15, 0.2) is 0 Å². The SMILES string of the molecule is OSCC(F)(F)F. The van der Waals surface area contributed by atoms with Crippen LogP contribution in [0.25, 0.3) is 0 Å². The molecule has 0 fully saturated rings. The Labute approximate surface area is 42.7 Å². The molecule has 0 unspecified atom stereocenters. The van der Waals surface area contributed by atoms with Gasteiger partial charge in [0.2, 0.25) is 0 Å². The van der Waals surface area contributed by atoms with Gasteiger partial charge in [-0.3, -0.25) is 0 Å². The predicted octanol–water partition coefficient (Wildman–Crippen LogP) is 1.75. The molecule has 0 aromatic rings. The summed E-state index contributed by atoms with van der Waals surface area (Å²) < 4.78 is 40.2. The summed E-state index contributed by atoms with van der Waals surface area (Å²) in [5.74, 6) is -1.19. The van der Waals surface area contributed by atoms with Gasteiger partial charge in [-0.25, -0.2) is 0 Å². The highest BCUT2D eigenvalue weighted by Gasteiger charge is 2.26. The van der Waals surface area contributed by atoms with Crippen molar-refractivity contribution in [1.82, 2.24) is 0 Å². The Hall–Kier alpha value is 0.100. The van der Waals surface area contributed by atoms with Crippen LogP contribution in [0.15, 0.2) is 0 Å². The first-order chi connectivity index (χ1) is 3.06. The molecular formula is C2H3F3OS. The molecule has 0 bridgehead atoms. The maximum atomic E-state index is 10.9. The van der Waals surface area contributed by atoms with Gasteiger partial charge < -0.3 is 4.55 Å². The van der Waals surface area contributed by atoms with Gasteiger partial charge in [0.05, 0.1) is 0 Å². The van der Waals surface area contributed by atoms with E-state index in [1.165, 1.54) is 0 Å². The molecular weight excluding hydrogens is 129 g/mol. The smallest absolute Gasteiger partial charge is 0.330 e. The van der Waals surface area contributed by atoms with Gasteiger partial charge in [-0.05, 0) is 12.0 Å². The summed E-state index contributed by atoms with van der Waals surface area (Å²) in [7, 11) is 0. The van der Waals surface area contributed by atoms with Crippen LogP contribution in [0.4, 0.5) is 13.2 Å². The van der Waals surface area contributed by atoms with Crippen LogP contribution < -0.4 is 0 Å². The molecule has 0 rings (SSSR count). The first-order valence-corrected chi connectivity index (χ1v) is 2.33. The summed E-state index contributed by atoms with van der Waals surface area (Å²) in [4.78, 5) is 0. The van der Waals surface area contributed by atoms with E-state index in [4.69, 9.17) is 4.55 Å². The Kier molecular flexibility index (Phi) is 2.45. The van der Waals surface area contributed by atoms with E-state index in [0.29, 0.717) is 0 Å². The molecule has 0 aliphatic carbocycles. The first-order valence-electron chi connectivity index (χ1n) is 1.39. The lowest BCUT2D eigenvalue weighted by Gasteiger charge is -1.98. The van der Waals surface area contributed by atoms with Crippen LogP contribution in [-0.4, -0.2) is 16.5 Å². The van der Waals surface area contributed by atoms with Crippen LogP contribution in [0.3, 0.4) is 0 Å². The highest BCUT2D eigenvalue weighted by molar-refractivity contribution is 7.93. The lowest BCUT2D eigenvalue weighted by Crippen LogP contribution is -2.09. The lowest BCUT2D eigenvalue weighted by molar-refractivity contribution is -0.105. The van der Waals surface area contributed by atoms with Crippen LogP contribution >= 0.6 is 12.0 Å². The second kappa shape index (κ2) is 2.42. The van der Waals surface area contributed by atoms with Gasteiger partial charge in [0.1, 0.15) is 5.75 Å². The zero-order valence-electron chi connectivity index (χ0n) is 3.20. The lowest BCUT2D eigenvalue weighted by atomic mass is 10.8. The fourth-order valence-corrected chi connectivity index (χ4v) is 0.220. The molecule has 0 aliphatic rings. The minimum atomic E-state index is -4.24. The first kappa shape index (κ1) is 7.10. The van der Waals surface area contributed by atoms with E-state index in [-0.39, 0.29) is 12.0 Å². The quantitative estimate of drug-likeness (QED) is 0.548. The molecule has 0 spiro atoms. The van der Waals surface area contributed by atoms with E-state index >= 15 is 0 Å². The number of alkyl halides is 3. The normalized spacial score (nSPS) is 12.0. The second-order valence-electron chi connectivity index (χ2n) is 0.889. The van der Waals surface area contributed by atoms with Crippen molar-refractivity contribution in [1.29, 1.82) is 0 Å². The van der Waals surface area contributed by atoms with Crippen LogP contribution in [0.2, 0.25) is 0 Å². The van der Waals surface area contributed by atoms with Crippen molar-refractivity contribution in [3.8, 4) is 0 Å². The Morgan fingerprint density at radius 2 is 1.86 bits per heavy atom. The molecule has 1 nitrogen and oxygen atoms in total. The van der Waals surface area contributed by atoms with Gasteiger partial charge in [-0.15, -0.1) is 0 Å². The number of hydrogen-bond acceptors (Lipinski definition) is 2. The van der Waals surface area contributed by atoms with Gasteiger partial charge in [-0.1, -0.05) is 0 Å². The van der Waals surface area contributed by atoms with Crippen molar-refractivity contribution in [3.05, 3.63) is 0 Å². The predicted molar refractivity (Wildman–Crippen MR) is 21.1 cm³/mol. The van der Waals surface area contributed by atoms with Crippen molar-refractivity contribution in [3.63, 3.8) is 0 Å². The van der Waals surface area contributed by atoms with Crippen LogP contribution in [-0.2, 0) is 0 Å². The van der Waals surface area contributed by atoms with E-state index in [2.05, 4.69) is 0 Å². The minimum absolute atomic E-state index is 0.216. The van der Waals surface area contributed by atoms with E-state index in [0.717, 1.165) is 0 Å². The minimum Gasteiger partial charge on any atom is -0.330 e. The Morgan fingerprint density at radius 3 is 1.86 bits per heavy atom. The molecule has 0 radical (unpaired) electrons. The van der Waals surface area contributed by atoms with Crippen molar-refractivity contribution >= 4 is 12.0 Å². The summed E-state index contributed by atoms with van der Waals surface area (Å²) in [6.45, 7) is 0. The molecule has 0 aromatic carbocycles. The summed E-state index contributed by atoms with van der Waals surface area (Å²) in [6, 6.07) is 0. The average molecular weight is 132 g/mol. The van der Waals surface area contributed by atoms with Crippen molar-refractivity contribution in [2.24, 2.45) is 0 Å². The molecule has 0 atom stereocenters. The Bertz CT molecular complexity index is 51.4. The highest BCUT2D eigenvalue weighted by atomic mass is 32.2. The van der Waals surface area contributed by atoms with E-state index in [9.17, 15) is 13.2 Å². The number of rotatable bonds is 1. The average Bonchev–Trinajstić information content (AvgIpc) is 1.30. The maximum absolute atomic E-state index is 10.9. The van der Waals surface area contributed by atoms with Crippen LogP contribution in [0.5, 0.6) is 0 Å². The van der Waals surface area contributed by atoms with Crippen molar-refractivity contribution < 1.29 is 17.7 Å². The Morgan fingerprint density at radius 1 is 1.43 bits per heavy atom. The summed E-state index contributed by atoms with van der Waals surface area (Å²) >= 11 is -0.216. The van der Waals surface area contributed by atoms with E-state index in [1.807, 2.05) is 0 Å². The van der Waals surface area contributed by atoms with Crippen molar-refractivity contribution in [2.45, 2.75) is 6.18 Å². The standard InChI is InChI=1S/C2H3F3OS/c3-2(4,5)1-7-6/h6H,1H2. The topological polar surface area (TPSA) is 20.2 Å². The third-order valence-electron chi connectivity index (χ3n) is 0.228. The molecule has 0 aliphatic heterocycles. The third-order valence-corrected chi connectivity index (χ3v) is 0.685. The molecule has 0 saturated heterocycles. The number of halogens is 3. The molecule has 0 saturated carbocycles. The largest absolute Gasteiger partial charge is 0.400 e. The van der Waals surface area contributed by atoms with Crippen LogP contribution in [0.1, 0.15) is 0 Å². The molecule has 0 aromatic heterocycles. The molecule has 5 heteroatoms. The molecule has 0 amide bonds.